The minimum Gasteiger partial charge on any atom is -0.441 e. The molecule has 0 radical (unpaired) electrons. The summed E-state index contributed by atoms with van der Waals surface area (Å²) in [5, 5.41) is 5.62. The number of hydrogen-bond donors (Lipinski definition) is 1. The van der Waals surface area contributed by atoms with Gasteiger partial charge < -0.3 is 9.73 Å². The Morgan fingerprint density at radius 3 is 2.61 bits per heavy atom. The number of aromatic nitrogens is 1. The van der Waals surface area contributed by atoms with Gasteiger partial charge in [-0.25, -0.2) is 4.98 Å². The number of carbonyl (C=O) groups excluding carboxylic acids is 1. The number of carbonyl (C=O) groups is 1. The number of benzene rings is 2. The maximum Gasteiger partial charge on any atom is 0.224 e. The number of para-hydroxylation sites is 1. The van der Waals surface area contributed by atoms with Crippen LogP contribution in [0.2, 0.25) is 5.02 Å². The maximum atomic E-state index is 12.4. The smallest absolute Gasteiger partial charge is 0.224 e. The second kappa shape index (κ2) is 8.42. The first-order chi connectivity index (χ1) is 13.7. The van der Waals surface area contributed by atoms with Crippen LogP contribution < -0.4 is 5.32 Å². The van der Waals surface area contributed by atoms with Crippen LogP contribution in [0.4, 0.5) is 5.69 Å². The van der Waals surface area contributed by atoms with Crippen LogP contribution in [-0.4, -0.2) is 10.9 Å². The molecule has 0 unspecified atom stereocenters. The average Bonchev–Trinajstić information content (AvgIpc) is 3.39. The molecule has 4 nitrogen and oxygen atoms in total. The summed E-state index contributed by atoms with van der Waals surface area (Å²) in [5.41, 5.74) is 2.61. The van der Waals surface area contributed by atoms with Crippen LogP contribution in [0, 0.1) is 0 Å². The van der Waals surface area contributed by atoms with E-state index in [4.69, 9.17) is 16.0 Å². The summed E-state index contributed by atoms with van der Waals surface area (Å²) < 4.78 is 5.76. The van der Waals surface area contributed by atoms with Crippen LogP contribution in [0.5, 0.6) is 0 Å². The minimum atomic E-state index is -0.0819. The predicted octanol–water partition coefficient (Wildman–Crippen LogP) is 6.29. The predicted molar refractivity (Wildman–Crippen MR) is 114 cm³/mol. The zero-order chi connectivity index (χ0) is 19.3. The third-order valence-electron chi connectivity index (χ3n) is 4.25. The van der Waals surface area contributed by atoms with Crippen LogP contribution in [0.15, 0.2) is 76.7 Å². The number of hydrogen-bond acceptors (Lipinski definition) is 4. The van der Waals surface area contributed by atoms with E-state index in [2.05, 4.69) is 10.3 Å². The summed E-state index contributed by atoms with van der Waals surface area (Å²) in [6, 6.07) is 19.3. The summed E-state index contributed by atoms with van der Waals surface area (Å²) in [6.07, 6.45) is 2.33. The third kappa shape index (κ3) is 4.16. The van der Waals surface area contributed by atoms with E-state index in [-0.39, 0.29) is 12.3 Å². The Kier molecular flexibility index (Phi) is 5.55. The summed E-state index contributed by atoms with van der Waals surface area (Å²) in [5.74, 6) is 1.03. The molecule has 2 aromatic heterocycles. The molecule has 6 heteroatoms. The summed E-state index contributed by atoms with van der Waals surface area (Å²) >= 11 is 7.83. The quantitative estimate of drug-likeness (QED) is 0.407. The van der Waals surface area contributed by atoms with E-state index in [1.807, 2.05) is 60.0 Å². The van der Waals surface area contributed by atoms with Crippen molar-refractivity contribution in [2.45, 2.75) is 12.8 Å². The molecule has 1 N–H and O–H groups in total. The van der Waals surface area contributed by atoms with Crippen molar-refractivity contribution in [3.05, 3.63) is 83.2 Å². The fourth-order valence-corrected chi connectivity index (χ4v) is 3.88. The lowest BCUT2D eigenvalue weighted by atomic mass is 10.1. The molecule has 1 amide bonds. The van der Waals surface area contributed by atoms with Crippen molar-refractivity contribution < 1.29 is 9.21 Å². The van der Waals surface area contributed by atoms with Gasteiger partial charge in [0.2, 0.25) is 5.91 Å². The molecule has 28 heavy (non-hydrogen) atoms. The van der Waals surface area contributed by atoms with Crippen molar-refractivity contribution in [1.82, 2.24) is 4.98 Å². The van der Waals surface area contributed by atoms with Gasteiger partial charge in [0, 0.05) is 34.5 Å². The Labute approximate surface area is 171 Å². The number of rotatable bonds is 6. The second-order valence-corrected chi connectivity index (χ2v) is 7.52. The second-order valence-electron chi connectivity index (χ2n) is 6.17. The first-order valence-corrected chi connectivity index (χ1v) is 10.1. The highest BCUT2D eigenvalue weighted by molar-refractivity contribution is 7.13. The van der Waals surface area contributed by atoms with Crippen LogP contribution >= 0.6 is 22.9 Å². The van der Waals surface area contributed by atoms with Crippen LogP contribution in [0.25, 0.3) is 21.8 Å². The molecular formula is C22H17ClN2O2S. The van der Waals surface area contributed by atoms with Crippen molar-refractivity contribution in [2.75, 3.05) is 5.32 Å². The highest BCUT2D eigenvalue weighted by atomic mass is 35.5. The number of nitrogens with one attached hydrogen (secondary N) is 1. The first kappa shape index (κ1) is 18.5. The highest BCUT2D eigenvalue weighted by Gasteiger charge is 2.13. The number of amides is 1. The molecule has 2 aromatic carbocycles. The zero-order valence-electron chi connectivity index (χ0n) is 14.9. The normalized spacial score (nSPS) is 10.8. The van der Waals surface area contributed by atoms with Gasteiger partial charge in [0.25, 0.3) is 0 Å². The van der Waals surface area contributed by atoms with Gasteiger partial charge in [0.15, 0.2) is 11.7 Å². The van der Waals surface area contributed by atoms with E-state index in [1.54, 1.807) is 23.6 Å². The maximum absolute atomic E-state index is 12.4. The molecule has 4 rings (SSSR count). The van der Waals surface area contributed by atoms with Crippen LogP contribution in [0.1, 0.15) is 12.3 Å². The molecular weight excluding hydrogens is 392 g/mol. The van der Waals surface area contributed by atoms with Gasteiger partial charge in [-0.05, 0) is 29.6 Å². The van der Waals surface area contributed by atoms with E-state index < -0.39 is 0 Å². The largest absolute Gasteiger partial charge is 0.441 e. The Morgan fingerprint density at radius 2 is 1.82 bits per heavy atom. The molecule has 0 aliphatic rings. The van der Waals surface area contributed by atoms with Crippen LogP contribution in [0.3, 0.4) is 0 Å². The monoisotopic (exact) mass is 408 g/mol. The standard InChI is InChI=1S/C22H17ClN2O2S/c23-17-8-3-1-6-15(17)19-14-24-22(27-19)12-11-21(26)25-18-9-4-2-7-16(18)20-10-5-13-28-20/h1-10,13-14H,11-12H2,(H,25,26). The lowest BCUT2D eigenvalue weighted by Gasteiger charge is -2.09. The molecule has 0 bridgehead atoms. The molecule has 4 aromatic rings. The lowest BCUT2D eigenvalue weighted by Crippen LogP contribution is -2.13. The summed E-state index contributed by atoms with van der Waals surface area (Å²) in [6.45, 7) is 0. The SMILES string of the molecule is O=C(CCc1ncc(-c2ccccc2Cl)o1)Nc1ccccc1-c1cccs1. The number of aryl methyl sites for hydroxylation is 1. The third-order valence-corrected chi connectivity index (χ3v) is 5.48. The zero-order valence-corrected chi connectivity index (χ0v) is 16.5. The minimum absolute atomic E-state index is 0.0819. The Bertz CT molecular complexity index is 1090. The molecule has 0 spiro atoms. The van der Waals surface area contributed by atoms with Gasteiger partial charge in [-0.15, -0.1) is 11.3 Å². The highest BCUT2D eigenvalue weighted by Crippen LogP contribution is 2.31. The Balaban J connectivity index is 1.41. The van der Waals surface area contributed by atoms with E-state index in [0.29, 0.717) is 23.1 Å². The molecule has 0 saturated carbocycles. The lowest BCUT2D eigenvalue weighted by molar-refractivity contribution is -0.116. The molecule has 0 aliphatic heterocycles. The van der Waals surface area contributed by atoms with Gasteiger partial charge in [0.1, 0.15) is 0 Å². The van der Waals surface area contributed by atoms with Crippen LogP contribution in [-0.2, 0) is 11.2 Å². The van der Waals surface area contributed by atoms with Gasteiger partial charge in [-0.3, -0.25) is 4.79 Å². The average molecular weight is 409 g/mol. The molecule has 2 heterocycles. The van der Waals surface area contributed by atoms with Crippen molar-refractivity contribution in [3.63, 3.8) is 0 Å². The summed E-state index contributed by atoms with van der Waals surface area (Å²) in [7, 11) is 0. The van der Waals surface area contributed by atoms with E-state index >= 15 is 0 Å². The van der Waals surface area contributed by atoms with E-state index in [9.17, 15) is 4.79 Å². The van der Waals surface area contributed by atoms with Crippen molar-refractivity contribution in [3.8, 4) is 21.8 Å². The number of halogens is 1. The molecule has 0 fully saturated rings. The number of thiophene rings is 1. The van der Waals surface area contributed by atoms with Crippen molar-refractivity contribution >= 4 is 34.5 Å². The number of anilines is 1. The topological polar surface area (TPSA) is 55.1 Å². The number of oxazole rings is 1. The first-order valence-electron chi connectivity index (χ1n) is 8.83. The van der Waals surface area contributed by atoms with Gasteiger partial charge in [-0.1, -0.05) is 48.0 Å². The molecule has 0 atom stereocenters. The van der Waals surface area contributed by atoms with Crippen molar-refractivity contribution in [1.29, 1.82) is 0 Å². The van der Waals surface area contributed by atoms with E-state index in [1.165, 1.54) is 0 Å². The Hall–Kier alpha value is -2.89. The number of nitrogens with zero attached hydrogens (tertiary/aromatic N) is 1. The summed E-state index contributed by atoms with van der Waals surface area (Å²) in [4.78, 5) is 17.8. The van der Waals surface area contributed by atoms with Crippen molar-refractivity contribution in [2.24, 2.45) is 0 Å². The van der Waals surface area contributed by atoms with Gasteiger partial charge in [-0.2, -0.15) is 0 Å². The molecule has 0 aliphatic carbocycles. The Morgan fingerprint density at radius 1 is 1.04 bits per heavy atom. The molecule has 140 valence electrons. The van der Waals surface area contributed by atoms with Gasteiger partial charge in [0.05, 0.1) is 11.2 Å². The fourth-order valence-electron chi connectivity index (χ4n) is 2.88. The van der Waals surface area contributed by atoms with Gasteiger partial charge >= 0.3 is 0 Å². The van der Waals surface area contributed by atoms with E-state index in [0.717, 1.165) is 21.7 Å². The molecule has 0 saturated heterocycles. The fraction of sp³-hybridized carbons (Fsp3) is 0.0909.